The van der Waals surface area contributed by atoms with E-state index < -0.39 is 24.0 Å². The SMILES string of the molecule is CCC1(CNC(=O)N[C@H](CCC(=O)OC)C(=O)O)CC1. The largest absolute Gasteiger partial charge is 0.480 e. The van der Waals surface area contributed by atoms with Gasteiger partial charge < -0.3 is 20.5 Å². The fourth-order valence-electron chi connectivity index (χ4n) is 1.93. The summed E-state index contributed by atoms with van der Waals surface area (Å²) in [5, 5.41) is 14.1. The Morgan fingerprint density at radius 1 is 1.35 bits per heavy atom. The van der Waals surface area contributed by atoms with Crippen molar-refractivity contribution in [1.82, 2.24) is 10.6 Å². The second kappa shape index (κ2) is 7.12. The molecule has 0 radical (unpaired) electrons. The summed E-state index contributed by atoms with van der Waals surface area (Å²) in [6.07, 6.45) is 3.14. The normalized spacial score (nSPS) is 16.9. The zero-order valence-electron chi connectivity index (χ0n) is 11.9. The summed E-state index contributed by atoms with van der Waals surface area (Å²) < 4.78 is 4.44. The molecule has 1 rings (SSSR count). The number of carbonyl (C=O) groups is 3. The molecular weight excluding hydrogens is 264 g/mol. The lowest BCUT2D eigenvalue weighted by molar-refractivity contribution is -0.142. The number of hydrogen-bond acceptors (Lipinski definition) is 4. The van der Waals surface area contributed by atoms with Crippen molar-refractivity contribution < 1.29 is 24.2 Å². The Kier molecular flexibility index (Phi) is 5.79. The molecule has 20 heavy (non-hydrogen) atoms. The standard InChI is InChI=1S/C13H22N2O5/c1-3-13(6-7-13)8-14-12(19)15-9(11(17)18)4-5-10(16)20-2/h9H,3-8H2,1-2H3,(H,17,18)(H2,14,15,19)/t9-/m1/s1. The number of nitrogens with one attached hydrogen (secondary N) is 2. The summed E-state index contributed by atoms with van der Waals surface area (Å²) in [6, 6.07) is -1.60. The molecule has 0 aromatic heterocycles. The fourth-order valence-corrected chi connectivity index (χ4v) is 1.93. The van der Waals surface area contributed by atoms with Gasteiger partial charge in [0.25, 0.3) is 0 Å². The van der Waals surface area contributed by atoms with Crippen LogP contribution in [-0.4, -0.2) is 42.8 Å². The van der Waals surface area contributed by atoms with Gasteiger partial charge >= 0.3 is 18.0 Å². The summed E-state index contributed by atoms with van der Waals surface area (Å²) in [6.45, 7) is 2.63. The van der Waals surface area contributed by atoms with Crippen molar-refractivity contribution in [3.63, 3.8) is 0 Å². The number of urea groups is 1. The van der Waals surface area contributed by atoms with Gasteiger partial charge in [0.1, 0.15) is 6.04 Å². The Morgan fingerprint density at radius 3 is 2.45 bits per heavy atom. The van der Waals surface area contributed by atoms with Crippen molar-refractivity contribution >= 4 is 18.0 Å². The highest BCUT2D eigenvalue weighted by Gasteiger charge is 2.40. The number of carboxylic acids is 1. The van der Waals surface area contributed by atoms with Crippen LogP contribution >= 0.6 is 0 Å². The van der Waals surface area contributed by atoms with E-state index in [0.29, 0.717) is 6.54 Å². The van der Waals surface area contributed by atoms with Crippen LogP contribution in [0, 0.1) is 5.41 Å². The van der Waals surface area contributed by atoms with Gasteiger partial charge in [0.2, 0.25) is 0 Å². The Bertz CT molecular complexity index is 379. The van der Waals surface area contributed by atoms with Gasteiger partial charge in [0.15, 0.2) is 0 Å². The van der Waals surface area contributed by atoms with Crippen LogP contribution in [-0.2, 0) is 14.3 Å². The first-order valence-electron chi connectivity index (χ1n) is 6.76. The summed E-state index contributed by atoms with van der Waals surface area (Å²) in [5.41, 5.74) is 0.197. The number of esters is 1. The summed E-state index contributed by atoms with van der Waals surface area (Å²) in [4.78, 5) is 33.7. The van der Waals surface area contributed by atoms with Gasteiger partial charge in [0, 0.05) is 13.0 Å². The van der Waals surface area contributed by atoms with E-state index >= 15 is 0 Å². The number of aliphatic carboxylic acids is 1. The second-order valence-corrected chi connectivity index (χ2v) is 5.19. The molecule has 1 saturated carbocycles. The number of hydrogen-bond donors (Lipinski definition) is 3. The van der Waals surface area contributed by atoms with Gasteiger partial charge in [-0.2, -0.15) is 0 Å². The Morgan fingerprint density at radius 2 is 2.00 bits per heavy atom. The van der Waals surface area contributed by atoms with E-state index in [0.717, 1.165) is 19.3 Å². The van der Waals surface area contributed by atoms with E-state index in [1.165, 1.54) is 7.11 Å². The highest BCUT2D eigenvalue weighted by Crippen LogP contribution is 2.47. The van der Waals surface area contributed by atoms with Crippen LogP contribution in [0.2, 0.25) is 0 Å². The molecule has 7 nitrogen and oxygen atoms in total. The molecular formula is C13H22N2O5. The fraction of sp³-hybridized carbons (Fsp3) is 0.769. The van der Waals surface area contributed by atoms with Crippen molar-refractivity contribution in [2.24, 2.45) is 5.41 Å². The van der Waals surface area contributed by atoms with Crippen LogP contribution in [0.3, 0.4) is 0 Å². The summed E-state index contributed by atoms with van der Waals surface area (Å²) in [5.74, 6) is -1.66. The minimum absolute atomic E-state index is 0.00828. The van der Waals surface area contributed by atoms with Crippen molar-refractivity contribution in [3.05, 3.63) is 0 Å². The van der Waals surface area contributed by atoms with Crippen molar-refractivity contribution in [1.29, 1.82) is 0 Å². The molecule has 3 N–H and O–H groups in total. The zero-order valence-corrected chi connectivity index (χ0v) is 11.9. The predicted octanol–water partition coefficient (Wildman–Crippen LogP) is 0.882. The minimum Gasteiger partial charge on any atom is -0.480 e. The van der Waals surface area contributed by atoms with E-state index in [4.69, 9.17) is 5.11 Å². The van der Waals surface area contributed by atoms with Gasteiger partial charge in [-0.15, -0.1) is 0 Å². The molecule has 1 aliphatic carbocycles. The molecule has 114 valence electrons. The molecule has 0 heterocycles. The van der Waals surface area contributed by atoms with Crippen molar-refractivity contribution in [2.45, 2.75) is 45.1 Å². The van der Waals surface area contributed by atoms with Crippen LogP contribution in [0.25, 0.3) is 0 Å². The van der Waals surface area contributed by atoms with Gasteiger partial charge in [-0.1, -0.05) is 6.92 Å². The van der Waals surface area contributed by atoms with Crippen LogP contribution < -0.4 is 10.6 Å². The highest BCUT2D eigenvalue weighted by atomic mass is 16.5. The van der Waals surface area contributed by atoms with E-state index in [9.17, 15) is 14.4 Å². The Labute approximate surface area is 118 Å². The second-order valence-electron chi connectivity index (χ2n) is 5.19. The van der Waals surface area contributed by atoms with Gasteiger partial charge in [0.05, 0.1) is 7.11 Å². The van der Waals surface area contributed by atoms with E-state index in [1.54, 1.807) is 0 Å². The number of methoxy groups -OCH3 is 1. The zero-order chi connectivity index (χ0) is 15.2. The van der Waals surface area contributed by atoms with Gasteiger partial charge in [-0.3, -0.25) is 4.79 Å². The Balaban J connectivity index is 2.34. The number of carboxylic acid groups (broad SMARTS) is 1. The molecule has 1 aliphatic rings. The molecule has 2 amide bonds. The summed E-state index contributed by atoms with van der Waals surface area (Å²) >= 11 is 0. The molecule has 0 aliphatic heterocycles. The van der Waals surface area contributed by atoms with Crippen LogP contribution in [0.15, 0.2) is 0 Å². The smallest absolute Gasteiger partial charge is 0.326 e. The van der Waals surface area contributed by atoms with E-state index in [-0.39, 0.29) is 18.3 Å². The first kappa shape index (κ1) is 16.3. The van der Waals surface area contributed by atoms with Crippen LogP contribution in [0.5, 0.6) is 0 Å². The number of rotatable bonds is 8. The Hall–Kier alpha value is -1.79. The third-order valence-corrected chi connectivity index (χ3v) is 3.80. The number of amides is 2. The monoisotopic (exact) mass is 286 g/mol. The van der Waals surface area contributed by atoms with Crippen molar-refractivity contribution in [2.75, 3.05) is 13.7 Å². The topological polar surface area (TPSA) is 105 Å². The predicted molar refractivity (Wildman–Crippen MR) is 71.2 cm³/mol. The quantitative estimate of drug-likeness (QED) is 0.575. The van der Waals surface area contributed by atoms with Crippen molar-refractivity contribution in [3.8, 4) is 0 Å². The summed E-state index contributed by atoms with van der Waals surface area (Å²) in [7, 11) is 1.23. The molecule has 0 bridgehead atoms. The van der Waals surface area contributed by atoms with Gasteiger partial charge in [-0.25, -0.2) is 9.59 Å². The lowest BCUT2D eigenvalue weighted by atomic mass is 10.0. The maximum absolute atomic E-state index is 11.7. The first-order valence-corrected chi connectivity index (χ1v) is 6.76. The lowest BCUT2D eigenvalue weighted by Gasteiger charge is -2.17. The van der Waals surface area contributed by atoms with E-state index in [2.05, 4.69) is 22.3 Å². The first-order chi connectivity index (χ1) is 9.42. The number of carbonyl (C=O) groups excluding carboxylic acids is 2. The molecule has 7 heteroatoms. The van der Waals surface area contributed by atoms with E-state index in [1.807, 2.05) is 0 Å². The van der Waals surface area contributed by atoms with Crippen LogP contribution in [0.4, 0.5) is 4.79 Å². The average molecular weight is 286 g/mol. The lowest BCUT2D eigenvalue weighted by Crippen LogP contribution is -2.47. The number of ether oxygens (including phenoxy) is 1. The van der Waals surface area contributed by atoms with Gasteiger partial charge in [-0.05, 0) is 31.1 Å². The molecule has 0 aromatic carbocycles. The highest BCUT2D eigenvalue weighted by molar-refractivity contribution is 5.83. The third kappa shape index (κ3) is 5.07. The third-order valence-electron chi connectivity index (χ3n) is 3.80. The molecule has 1 fully saturated rings. The molecule has 1 atom stereocenters. The average Bonchev–Trinajstić information content (AvgIpc) is 3.21. The molecule has 0 unspecified atom stereocenters. The molecule has 0 saturated heterocycles. The minimum atomic E-state index is -1.17. The molecule has 0 aromatic rings. The maximum Gasteiger partial charge on any atom is 0.326 e. The maximum atomic E-state index is 11.7. The van der Waals surface area contributed by atoms with Crippen LogP contribution in [0.1, 0.15) is 39.0 Å². The molecule has 0 spiro atoms.